The highest BCUT2D eigenvalue weighted by molar-refractivity contribution is 8.01. The van der Waals surface area contributed by atoms with Crippen LogP contribution >= 0.6 is 46.4 Å². The van der Waals surface area contributed by atoms with Gasteiger partial charge in [-0.3, -0.25) is 14.5 Å². The monoisotopic (exact) mass is 499 g/mol. The standard InChI is InChI=1S/C15H13N7O5S4/c1-27-20-8(7-4-31-21-18-7)11(23)17-9-12(24)22-10(14(25)26)6(2-28-13(9)22)3-29-15-19-16-5-30-15/h4-5,9,13H,2-3H2,1H3,(H,17,23)(H,25,26)/t9?,13-/m1/s1. The molecule has 0 radical (unpaired) electrons. The van der Waals surface area contributed by atoms with Crippen molar-refractivity contribution in [1.82, 2.24) is 30.0 Å². The number of carboxylic acids is 1. The molecule has 2 amide bonds. The third-order valence-electron chi connectivity index (χ3n) is 4.25. The van der Waals surface area contributed by atoms with Gasteiger partial charge < -0.3 is 15.3 Å². The lowest BCUT2D eigenvalue weighted by atomic mass is 10.0. The zero-order valence-electron chi connectivity index (χ0n) is 15.6. The summed E-state index contributed by atoms with van der Waals surface area (Å²) in [7, 11) is 1.28. The number of oxime groups is 1. The van der Waals surface area contributed by atoms with E-state index in [9.17, 15) is 19.5 Å². The van der Waals surface area contributed by atoms with E-state index in [1.807, 2.05) is 0 Å². The van der Waals surface area contributed by atoms with Crippen LogP contribution in [0.4, 0.5) is 0 Å². The minimum absolute atomic E-state index is 0.0502. The Morgan fingerprint density at radius 2 is 2.29 bits per heavy atom. The molecule has 2 aliphatic heterocycles. The van der Waals surface area contributed by atoms with Gasteiger partial charge in [-0.15, -0.1) is 27.1 Å². The number of carbonyl (C=O) groups is 3. The van der Waals surface area contributed by atoms with E-state index in [2.05, 4.69) is 30.3 Å². The first-order valence-corrected chi connectivity index (χ1v) is 12.2. The molecular weight excluding hydrogens is 486 g/mol. The Morgan fingerprint density at radius 1 is 1.45 bits per heavy atom. The van der Waals surface area contributed by atoms with Crippen molar-refractivity contribution in [3.63, 3.8) is 0 Å². The van der Waals surface area contributed by atoms with Crippen LogP contribution in [0.15, 0.2) is 31.7 Å². The molecule has 2 aliphatic rings. The first kappa shape index (κ1) is 21.7. The number of fused-ring (bicyclic) bond motifs is 1. The number of aromatic nitrogens is 4. The van der Waals surface area contributed by atoms with Gasteiger partial charge in [-0.25, -0.2) is 4.79 Å². The molecule has 0 saturated carbocycles. The molecule has 162 valence electrons. The lowest BCUT2D eigenvalue weighted by Crippen LogP contribution is -2.71. The minimum Gasteiger partial charge on any atom is -0.477 e. The smallest absolute Gasteiger partial charge is 0.352 e. The zero-order valence-corrected chi connectivity index (χ0v) is 18.9. The van der Waals surface area contributed by atoms with Crippen LogP contribution in [0.2, 0.25) is 0 Å². The normalized spacial score (nSPS) is 20.9. The summed E-state index contributed by atoms with van der Waals surface area (Å²) >= 11 is 5.14. The Hall–Kier alpha value is -2.56. The van der Waals surface area contributed by atoms with Gasteiger partial charge in [-0.1, -0.05) is 32.7 Å². The summed E-state index contributed by atoms with van der Waals surface area (Å²) in [6, 6.07) is -0.891. The molecule has 0 spiro atoms. The predicted molar refractivity (Wildman–Crippen MR) is 114 cm³/mol. The Labute approximate surface area is 191 Å². The third kappa shape index (κ3) is 4.28. The molecule has 16 heteroatoms. The maximum absolute atomic E-state index is 12.8. The van der Waals surface area contributed by atoms with Crippen LogP contribution in [-0.4, -0.2) is 83.3 Å². The van der Waals surface area contributed by atoms with Crippen molar-refractivity contribution in [1.29, 1.82) is 0 Å². The number of hydrogen-bond acceptors (Lipinski definition) is 13. The highest BCUT2D eigenvalue weighted by Crippen LogP contribution is 2.41. The van der Waals surface area contributed by atoms with Crippen LogP contribution in [-0.2, 0) is 19.2 Å². The van der Waals surface area contributed by atoms with Crippen molar-refractivity contribution in [3.8, 4) is 0 Å². The largest absolute Gasteiger partial charge is 0.477 e. The SMILES string of the molecule is CON=C(C(=O)NC1C(=O)N2C(C(=O)O)=C(CSc3nncs3)CS[C@H]12)c1csnn1. The van der Waals surface area contributed by atoms with Crippen LogP contribution < -0.4 is 5.32 Å². The van der Waals surface area contributed by atoms with E-state index in [0.29, 0.717) is 21.4 Å². The highest BCUT2D eigenvalue weighted by atomic mass is 32.2. The van der Waals surface area contributed by atoms with Crippen molar-refractivity contribution in [2.75, 3.05) is 18.6 Å². The number of nitrogens with zero attached hydrogens (tertiary/aromatic N) is 6. The quantitative estimate of drug-likeness (QED) is 0.222. The molecule has 31 heavy (non-hydrogen) atoms. The Bertz CT molecular complexity index is 1060. The molecular formula is C15H13N7O5S4. The third-order valence-corrected chi connectivity index (χ3v) is 8.04. The van der Waals surface area contributed by atoms with Crippen molar-refractivity contribution in [2.45, 2.75) is 15.8 Å². The van der Waals surface area contributed by atoms with Gasteiger partial charge in [0.15, 0.2) is 10.1 Å². The maximum Gasteiger partial charge on any atom is 0.352 e. The summed E-state index contributed by atoms with van der Waals surface area (Å²) in [6.45, 7) is 0. The van der Waals surface area contributed by atoms with Gasteiger partial charge in [-0.2, -0.15) is 0 Å². The van der Waals surface area contributed by atoms with Crippen molar-refractivity contribution in [2.24, 2.45) is 5.16 Å². The lowest BCUT2D eigenvalue weighted by Gasteiger charge is -2.49. The molecule has 1 saturated heterocycles. The average molecular weight is 500 g/mol. The molecule has 4 rings (SSSR count). The van der Waals surface area contributed by atoms with Crippen LogP contribution in [0.1, 0.15) is 5.69 Å². The van der Waals surface area contributed by atoms with E-state index in [1.54, 1.807) is 5.51 Å². The van der Waals surface area contributed by atoms with E-state index >= 15 is 0 Å². The summed E-state index contributed by atoms with van der Waals surface area (Å²) in [5, 5.41) is 28.5. The number of aliphatic carboxylic acids is 1. The summed E-state index contributed by atoms with van der Waals surface area (Å²) in [5.41, 5.74) is 2.25. The first-order chi connectivity index (χ1) is 15.0. The molecule has 0 aromatic carbocycles. The van der Waals surface area contributed by atoms with Crippen LogP contribution in [0.3, 0.4) is 0 Å². The van der Waals surface area contributed by atoms with E-state index in [4.69, 9.17) is 4.84 Å². The van der Waals surface area contributed by atoms with Crippen molar-refractivity contribution >= 4 is 69.9 Å². The number of hydrogen-bond donors (Lipinski definition) is 2. The lowest BCUT2D eigenvalue weighted by molar-refractivity contribution is -0.150. The van der Waals surface area contributed by atoms with Crippen molar-refractivity contribution < 1.29 is 24.3 Å². The molecule has 2 aromatic heterocycles. The summed E-state index contributed by atoms with van der Waals surface area (Å²) in [5.74, 6) is -1.57. The molecule has 0 bridgehead atoms. The number of rotatable bonds is 8. The molecule has 0 aliphatic carbocycles. The number of thioether (sulfide) groups is 2. The number of amides is 2. The van der Waals surface area contributed by atoms with Crippen LogP contribution in [0, 0.1) is 0 Å². The van der Waals surface area contributed by atoms with Gasteiger partial charge in [0.25, 0.3) is 11.8 Å². The Kier molecular flexibility index (Phi) is 6.49. The average Bonchev–Trinajstić information content (AvgIpc) is 3.47. The van der Waals surface area contributed by atoms with Gasteiger partial charge in [0.2, 0.25) is 0 Å². The number of carbonyl (C=O) groups excluding carboxylic acids is 2. The summed E-state index contributed by atoms with van der Waals surface area (Å²) in [6.07, 6.45) is 0. The number of β-lactam (4-membered cyclic amide) rings is 1. The maximum atomic E-state index is 12.8. The van der Waals surface area contributed by atoms with Gasteiger partial charge in [-0.05, 0) is 17.1 Å². The van der Waals surface area contributed by atoms with Gasteiger partial charge in [0.05, 0.1) is 0 Å². The molecule has 2 atom stereocenters. The van der Waals surface area contributed by atoms with Crippen LogP contribution in [0.25, 0.3) is 0 Å². The second-order valence-electron chi connectivity index (χ2n) is 6.02. The molecule has 1 fully saturated rings. The second-order valence-corrected chi connectivity index (χ2v) is 9.79. The fourth-order valence-electron chi connectivity index (χ4n) is 2.94. The van der Waals surface area contributed by atoms with Gasteiger partial charge in [0, 0.05) is 16.9 Å². The predicted octanol–water partition coefficient (Wildman–Crippen LogP) is 0.271. The molecule has 2 N–H and O–H groups in total. The van der Waals surface area contributed by atoms with Crippen LogP contribution in [0.5, 0.6) is 0 Å². The molecule has 4 heterocycles. The molecule has 1 unspecified atom stereocenters. The Balaban J connectivity index is 1.49. The van der Waals surface area contributed by atoms with E-state index in [1.165, 1.54) is 52.3 Å². The van der Waals surface area contributed by atoms with Gasteiger partial charge in [0.1, 0.15) is 35.4 Å². The summed E-state index contributed by atoms with van der Waals surface area (Å²) < 4.78 is 4.40. The Morgan fingerprint density at radius 3 is 2.94 bits per heavy atom. The zero-order chi connectivity index (χ0) is 22.0. The minimum atomic E-state index is -1.19. The summed E-state index contributed by atoms with van der Waals surface area (Å²) in [4.78, 5) is 43.3. The van der Waals surface area contributed by atoms with Crippen molar-refractivity contribution in [3.05, 3.63) is 27.9 Å². The topological polar surface area (TPSA) is 160 Å². The molecule has 12 nitrogen and oxygen atoms in total. The first-order valence-electron chi connectivity index (χ1n) is 8.49. The molecule has 2 aromatic rings. The highest BCUT2D eigenvalue weighted by Gasteiger charge is 2.54. The van der Waals surface area contributed by atoms with E-state index in [-0.39, 0.29) is 17.1 Å². The second kappa shape index (κ2) is 9.29. The fourth-order valence-corrected chi connectivity index (χ4v) is 6.36. The van der Waals surface area contributed by atoms with E-state index < -0.39 is 29.2 Å². The van der Waals surface area contributed by atoms with E-state index in [0.717, 1.165) is 11.5 Å². The fraction of sp³-hybridized carbons (Fsp3) is 0.333. The number of carboxylic acid groups (broad SMARTS) is 1. The van der Waals surface area contributed by atoms with Gasteiger partial charge >= 0.3 is 5.97 Å². The number of nitrogens with one attached hydrogen (secondary N) is 1.